The molecular formula is C14H14N4O2S. The summed E-state index contributed by atoms with van der Waals surface area (Å²) in [7, 11) is 0. The lowest BCUT2D eigenvalue weighted by Crippen LogP contribution is -2.22. The van der Waals surface area contributed by atoms with Crippen molar-refractivity contribution in [2.45, 2.75) is 24.3 Å². The number of hydrogen-bond donors (Lipinski definition) is 1. The molecule has 6 nitrogen and oxygen atoms in total. The van der Waals surface area contributed by atoms with E-state index in [4.69, 9.17) is 4.52 Å². The Hall–Kier alpha value is -2.28. The van der Waals surface area contributed by atoms with Crippen molar-refractivity contribution in [1.29, 1.82) is 0 Å². The Morgan fingerprint density at radius 1 is 1.48 bits per heavy atom. The molecule has 0 aliphatic rings. The number of aromatic nitrogens is 3. The van der Waals surface area contributed by atoms with E-state index < -0.39 is 0 Å². The van der Waals surface area contributed by atoms with E-state index in [1.54, 1.807) is 19.2 Å². The highest BCUT2D eigenvalue weighted by atomic mass is 32.2. The van der Waals surface area contributed by atoms with Crippen LogP contribution in [0.3, 0.4) is 0 Å². The number of amides is 1. The fraction of sp³-hybridized carbons (Fsp3) is 0.214. The number of rotatable bonds is 4. The first-order valence-corrected chi connectivity index (χ1v) is 7.34. The Balaban J connectivity index is 1.70. The zero-order valence-electron chi connectivity index (χ0n) is 11.6. The number of imidazole rings is 1. The third kappa shape index (κ3) is 2.92. The molecule has 0 saturated carbocycles. The van der Waals surface area contributed by atoms with Crippen LogP contribution in [0.2, 0.25) is 0 Å². The van der Waals surface area contributed by atoms with Crippen LogP contribution in [0, 0.1) is 6.92 Å². The number of nitrogens with one attached hydrogen (secondary N) is 1. The van der Waals surface area contributed by atoms with Gasteiger partial charge >= 0.3 is 0 Å². The zero-order chi connectivity index (χ0) is 14.8. The third-order valence-electron chi connectivity index (χ3n) is 2.94. The molecule has 0 aliphatic carbocycles. The lowest BCUT2D eigenvalue weighted by atomic mass is 10.4. The van der Waals surface area contributed by atoms with E-state index in [2.05, 4.69) is 15.5 Å². The smallest absolute Gasteiger partial charge is 0.238 e. The van der Waals surface area contributed by atoms with E-state index in [-0.39, 0.29) is 11.2 Å². The molecule has 108 valence electrons. The van der Waals surface area contributed by atoms with E-state index in [0.29, 0.717) is 11.6 Å². The van der Waals surface area contributed by atoms with Crippen molar-refractivity contribution in [2.24, 2.45) is 0 Å². The Bertz CT molecular complexity index is 780. The van der Waals surface area contributed by atoms with Crippen LogP contribution in [-0.4, -0.2) is 25.7 Å². The van der Waals surface area contributed by atoms with Crippen molar-refractivity contribution in [3.05, 3.63) is 42.4 Å². The van der Waals surface area contributed by atoms with E-state index in [0.717, 1.165) is 10.7 Å². The van der Waals surface area contributed by atoms with Gasteiger partial charge in [-0.05, 0) is 26.0 Å². The summed E-state index contributed by atoms with van der Waals surface area (Å²) in [5.74, 6) is 0.948. The molecule has 3 heterocycles. The van der Waals surface area contributed by atoms with Crippen LogP contribution in [0.25, 0.3) is 5.52 Å². The van der Waals surface area contributed by atoms with Crippen LogP contribution in [-0.2, 0) is 4.79 Å². The zero-order valence-corrected chi connectivity index (χ0v) is 12.4. The largest absolute Gasteiger partial charge is 0.360 e. The summed E-state index contributed by atoms with van der Waals surface area (Å²) in [5, 5.41) is 6.95. The van der Waals surface area contributed by atoms with Crippen molar-refractivity contribution >= 4 is 29.0 Å². The number of carbonyl (C=O) groups is 1. The number of hydrogen-bond acceptors (Lipinski definition) is 5. The van der Waals surface area contributed by atoms with E-state index in [1.807, 2.05) is 35.7 Å². The fourth-order valence-electron chi connectivity index (χ4n) is 1.87. The van der Waals surface area contributed by atoms with Gasteiger partial charge in [-0.25, -0.2) is 4.98 Å². The summed E-state index contributed by atoms with van der Waals surface area (Å²) >= 11 is 1.40. The number of carbonyl (C=O) groups excluding carboxylic acids is 1. The van der Waals surface area contributed by atoms with Crippen molar-refractivity contribution < 1.29 is 9.32 Å². The van der Waals surface area contributed by atoms with Crippen molar-refractivity contribution in [1.82, 2.24) is 14.5 Å². The van der Waals surface area contributed by atoms with Gasteiger partial charge in [-0.1, -0.05) is 23.0 Å². The van der Waals surface area contributed by atoms with E-state index >= 15 is 0 Å². The molecule has 1 atom stereocenters. The maximum absolute atomic E-state index is 12.1. The molecular weight excluding hydrogens is 288 g/mol. The lowest BCUT2D eigenvalue weighted by Gasteiger charge is -2.09. The van der Waals surface area contributed by atoms with Gasteiger partial charge in [0, 0.05) is 12.3 Å². The molecule has 0 fully saturated rings. The molecule has 0 spiro atoms. The standard InChI is InChI=1S/C14H14N4O2S/c1-9-7-12(17-20-9)16-13(19)10(2)21-14-15-8-11-5-3-4-6-18(11)14/h3-8,10H,1-2H3,(H,16,17,19)/t10-/m0/s1. The third-order valence-corrected chi connectivity index (χ3v) is 4.02. The average molecular weight is 302 g/mol. The summed E-state index contributed by atoms with van der Waals surface area (Å²) in [6, 6.07) is 7.54. The van der Waals surface area contributed by atoms with Crippen LogP contribution in [0.15, 0.2) is 46.3 Å². The maximum atomic E-state index is 12.1. The van der Waals surface area contributed by atoms with Gasteiger partial charge in [-0.2, -0.15) is 0 Å². The number of thioether (sulfide) groups is 1. The summed E-state index contributed by atoms with van der Waals surface area (Å²) in [4.78, 5) is 16.5. The SMILES string of the molecule is Cc1cc(NC(=O)[C@H](C)Sc2ncc3ccccn23)no1. The number of nitrogens with zero attached hydrogens (tertiary/aromatic N) is 3. The van der Waals surface area contributed by atoms with Crippen LogP contribution < -0.4 is 5.32 Å². The molecule has 3 aromatic heterocycles. The molecule has 3 rings (SSSR count). The van der Waals surface area contributed by atoms with Crippen molar-refractivity contribution in [3.8, 4) is 0 Å². The predicted molar refractivity (Wildman–Crippen MR) is 80.4 cm³/mol. The van der Waals surface area contributed by atoms with Gasteiger partial charge < -0.3 is 9.84 Å². The lowest BCUT2D eigenvalue weighted by molar-refractivity contribution is -0.115. The number of anilines is 1. The first kappa shape index (κ1) is 13.7. The molecule has 0 unspecified atom stereocenters. The van der Waals surface area contributed by atoms with Crippen LogP contribution >= 0.6 is 11.8 Å². The fourth-order valence-corrected chi connectivity index (χ4v) is 2.75. The van der Waals surface area contributed by atoms with Gasteiger partial charge in [-0.3, -0.25) is 9.20 Å². The number of aryl methyl sites for hydroxylation is 1. The Kier molecular flexibility index (Phi) is 3.66. The summed E-state index contributed by atoms with van der Waals surface area (Å²) in [6.45, 7) is 3.61. The summed E-state index contributed by atoms with van der Waals surface area (Å²) in [5.41, 5.74) is 1.000. The number of fused-ring (bicyclic) bond motifs is 1. The van der Waals surface area contributed by atoms with Gasteiger partial charge in [0.05, 0.1) is 17.0 Å². The molecule has 0 radical (unpaired) electrons. The minimum absolute atomic E-state index is 0.138. The topological polar surface area (TPSA) is 72.4 Å². The second-order valence-electron chi connectivity index (χ2n) is 4.61. The highest BCUT2D eigenvalue weighted by Gasteiger charge is 2.18. The van der Waals surface area contributed by atoms with Crippen LogP contribution in [0.1, 0.15) is 12.7 Å². The van der Waals surface area contributed by atoms with Crippen molar-refractivity contribution in [3.63, 3.8) is 0 Å². The quantitative estimate of drug-likeness (QED) is 0.750. The predicted octanol–water partition coefficient (Wildman–Crippen LogP) is 2.75. The van der Waals surface area contributed by atoms with Gasteiger partial charge in [0.25, 0.3) is 0 Å². The monoisotopic (exact) mass is 302 g/mol. The first-order valence-electron chi connectivity index (χ1n) is 6.46. The normalized spacial score (nSPS) is 12.5. The minimum Gasteiger partial charge on any atom is -0.360 e. The highest BCUT2D eigenvalue weighted by Crippen LogP contribution is 2.24. The molecule has 0 aliphatic heterocycles. The number of pyridine rings is 1. The van der Waals surface area contributed by atoms with Gasteiger partial charge in [0.1, 0.15) is 5.76 Å². The van der Waals surface area contributed by atoms with Gasteiger partial charge in [-0.15, -0.1) is 0 Å². The average Bonchev–Trinajstić information content (AvgIpc) is 3.06. The Morgan fingerprint density at radius 3 is 3.10 bits per heavy atom. The minimum atomic E-state index is -0.298. The molecule has 0 saturated heterocycles. The molecule has 3 aromatic rings. The summed E-state index contributed by atoms with van der Waals surface area (Å²) < 4.78 is 6.87. The molecule has 0 aromatic carbocycles. The second-order valence-corrected chi connectivity index (χ2v) is 5.92. The molecule has 1 N–H and O–H groups in total. The van der Waals surface area contributed by atoms with Gasteiger partial charge in [0.2, 0.25) is 5.91 Å². The van der Waals surface area contributed by atoms with Crippen LogP contribution in [0.5, 0.6) is 0 Å². The van der Waals surface area contributed by atoms with Crippen LogP contribution in [0.4, 0.5) is 5.82 Å². The molecule has 21 heavy (non-hydrogen) atoms. The highest BCUT2D eigenvalue weighted by molar-refractivity contribution is 8.00. The van der Waals surface area contributed by atoms with Crippen molar-refractivity contribution in [2.75, 3.05) is 5.32 Å². The van der Waals surface area contributed by atoms with E-state index in [9.17, 15) is 4.79 Å². The second kappa shape index (κ2) is 5.61. The molecule has 0 bridgehead atoms. The summed E-state index contributed by atoms with van der Waals surface area (Å²) in [6.07, 6.45) is 3.71. The Labute approximate surface area is 125 Å². The molecule has 1 amide bonds. The Morgan fingerprint density at radius 2 is 2.33 bits per heavy atom. The maximum Gasteiger partial charge on any atom is 0.238 e. The van der Waals surface area contributed by atoms with Gasteiger partial charge in [0.15, 0.2) is 11.0 Å². The molecule has 7 heteroatoms. The first-order chi connectivity index (χ1) is 10.1. The van der Waals surface area contributed by atoms with E-state index in [1.165, 1.54) is 11.8 Å².